The van der Waals surface area contributed by atoms with Gasteiger partial charge in [-0.15, -0.1) is 0 Å². The summed E-state index contributed by atoms with van der Waals surface area (Å²) >= 11 is 3.36. The lowest BCUT2D eigenvalue weighted by Gasteiger charge is -2.18. The molecule has 0 unspecified atom stereocenters. The zero-order valence-corrected chi connectivity index (χ0v) is 11.9. The monoisotopic (exact) mass is 313 g/mol. The number of amidine groups is 1. The molecule has 1 aromatic carbocycles. The maximum Gasteiger partial charge on any atom is 0.253 e. The molecule has 6 heteroatoms. The molecule has 0 saturated carbocycles. The lowest BCUT2D eigenvalue weighted by molar-refractivity contribution is 0.0797. The first-order valence-corrected chi connectivity index (χ1v) is 6.23. The van der Waals surface area contributed by atoms with E-state index in [0.717, 1.165) is 10.0 Å². The molecule has 5 nitrogen and oxygen atoms in total. The molecule has 0 fully saturated rings. The maximum atomic E-state index is 12.1. The van der Waals surface area contributed by atoms with Crippen LogP contribution in [0.1, 0.15) is 22.3 Å². The zero-order valence-electron chi connectivity index (χ0n) is 10.4. The molecule has 1 amide bonds. The highest BCUT2D eigenvalue weighted by molar-refractivity contribution is 9.10. The van der Waals surface area contributed by atoms with Gasteiger partial charge in [-0.2, -0.15) is 0 Å². The summed E-state index contributed by atoms with van der Waals surface area (Å²) in [5.74, 6) is 0.0351. The molecule has 0 spiro atoms. The minimum Gasteiger partial charge on any atom is -0.409 e. The van der Waals surface area contributed by atoms with Gasteiger partial charge in [0.05, 0.1) is 0 Å². The van der Waals surface area contributed by atoms with Crippen LogP contribution in [0.25, 0.3) is 0 Å². The van der Waals surface area contributed by atoms with Gasteiger partial charge >= 0.3 is 0 Å². The average molecular weight is 314 g/mol. The standard InChI is InChI=1S/C12H16BrN3O2/c1-8-7-9(13)3-4-10(8)12(17)16(2)6-5-11(14)15-18/h3-4,7,18H,5-6H2,1-2H3,(H2,14,15). The fraction of sp³-hybridized carbons (Fsp3) is 0.333. The van der Waals surface area contributed by atoms with Crippen LogP contribution in [0.15, 0.2) is 27.8 Å². The summed E-state index contributed by atoms with van der Waals surface area (Å²) in [5, 5.41) is 11.3. The van der Waals surface area contributed by atoms with E-state index in [-0.39, 0.29) is 11.7 Å². The van der Waals surface area contributed by atoms with Crippen molar-refractivity contribution in [1.82, 2.24) is 4.90 Å². The topological polar surface area (TPSA) is 78.9 Å². The van der Waals surface area contributed by atoms with Crippen molar-refractivity contribution in [3.63, 3.8) is 0 Å². The molecule has 0 aliphatic heterocycles. The predicted octanol–water partition coefficient (Wildman–Crippen LogP) is 1.97. The third-order valence-corrected chi connectivity index (χ3v) is 3.09. The first-order valence-electron chi connectivity index (χ1n) is 5.43. The van der Waals surface area contributed by atoms with Crippen molar-refractivity contribution < 1.29 is 10.0 Å². The van der Waals surface area contributed by atoms with Gasteiger partial charge in [-0.25, -0.2) is 0 Å². The number of amides is 1. The molecule has 0 aliphatic carbocycles. The van der Waals surface area contributed by atoms with Crippen molar-refractivity contribution in [2.45, 2.75) is 13.3 Å². The SMILES string of the molecule is Cc1cc(Br)ccc1C(=O)N(C)CC/C(N)=N/O. The van der Waals surface area contributed by atoms with Crippen LogP contribution >= 0.6 is 15.9 Å². The number of hydrogen-bond donors (Lipinski definition) is 2. The third-order valence-electron chi connectivity index (χ3n) is 2.60. The number of nitrogens with zero attached hydrogens (tertiary/aromatic N) is 2. The summed E-state index contributed by atoms with van der Waals surface area (Å²) in [5.41, 5.74) is 6.93. The lowest BCUT2D eigenvalue weighted by Crippen LogP contribution is -2.31. The van der Waals surface area contributed by atoms with E-state index in [0.29, 0.717) is 18.5 Å². The Bertz CT molecular complexity index is 474. The molecule has 0 atom stereocenters. The summed E-state index contributed by atoms with van der Waals surface area (Å²) in [7, 11) is 1.69. The summed E-state index contributed by atoms with van der Waals surface area (Å²) < 4.78 is 0.941. The minimum absolute atomic E-state index is 0.0780. The van der Waals surface area contributed by atoms with Gasteiger partial charge in [0.2, 0.25) is 0 Å². The molecule has 98 valence electrons. The van der Waals surface area contributed by atoms with E-state index in [2.05, 4.69) is 21.1 Å². The van der Waals surface area contributed by atoms with Gasteiger partial charge < -0.3 is 15.8 Å². The molecule has 3 N–H and O–H groups in total. The van der Waals surface area contributed by atoms with E-state index in [9.17, 15) is 4.79 Å². The minimum atomic E-state index is -0.0780. The van der Waals surface area contributed by atoms with Crippen LogP contribution in [-0.4, -0.2) is 35.4 Å². The van der Waals surface area contributed by atoms with Gasteiger partial charge in [0.25, 0.3) is 5.91 Å². The average Bonchev–Trinajstić information content (AvgIpc) is 2.34. The maximum absolute atomic E-state index is 12.1. The molecule has 0 bridgehead atoms. The molecule has 1 rings (SSSR count). The van der Waals surface area contributed by atoms with Gasteiger partial charge in [0, 0.05) is 30.0 Å². The highest BCUT2D eigenvalue weighted by Crippen LogP contribution is 2.17. The van der Waals surface area contributed by atoms with Gasteiger partial charge in [-0.05, 0) is 30.7 Å². The number of carbonyl (C=O) groups excluding carboxylic acids is 1. The van der Waals surface area contributed by atoms with Crippen molar-refractivity contribution in [1.29, 1.82) is 0 Å². The zero-order chi connectivity index (χ0) is 13.7. The van der Waals surface area contributed by atoms with Crippen LogP contribution in [0.2, 0.25) is 0 Å². The number of aryl methyl sites for hydroxylation is 1. The summed E-state index contributed by atoms with van der Waals surface area (Å²) in [6.45, 7) is 2.29. The molecule has 0 radical (unpaired) electrons. The predicted molar refractivity (Wildman–Crippen MR) is 73.9 cm³/mol. The quantitative estimate of drug-likeness (QED) is 0.386. The fourth-order valence-corrected chi connectivity index (χ4v) is 1.98. The van der Waals surface area contributed by atoms with Gasteiger partial charge in [-0.1, -0.05) is 21.1 Å². The van der Waals surface area contributed by atoms with Gasteiger partial charge in [0.1, 0.15) is 5.84 Å². The van der Waals surface area contributed by atoms with Crippen molar-refractivity contribution >= 4 is 27.7 Å². The first kappa shape index (κ1) is 14.5. The summed E-state index contributed by atoms with van der Waals surface area (Å²) in [6, 6.07) is 5.50. The van der Waals surface area contributed by atoms with E-state index in [4.69, 9.17) is 10.9 Å². The second kappa shape index (κ2) is 6.39. The van der Waals surface area contributed by atoms with E-state index < -0.39 is 0 Å². The van der Waals surface area contributed by atoms with Crippen LogP contribution in [0.4, 0.5) is 0 Å². The number of rotatable bonds is 4. The highest BCUT2D eigenvalue weighted by atomic mass is 79.9. The Morgan fingerprint density at radius 3 is 2.78 bits per heavy atom. The Morgan fingerprint density at radius 1 is 1.56 bits per heavy atom. The lowest BCUT2D eigenvalue weighted by atomic mass is 10.1. The van der Waals surface area contributed by atoms with Crippen LogP contribution in [0.3, 0.4) is 0 Å². The number of hydrogen-bond acceptors (Lipinski definition) is 3. The molecule has 0 aromatic heterocycles. The van der Waals surface area contributed by atoms with E-state index in [1.54, 1.807) is 18.0 Å². The molecule has 1 aromatic rings. The second-order valence-electron chi connectivity index (χ2n) is 4.03. The van der Waals surface area contributed by atoms with Crippen molar-refractivity contribution in [3.8, 4) is 0 Å². The Morgan fingerprint density at radius 2 is 2.22 bits per heavy atom. The van der Waals surface area contributed by atoms with Crippen LogP contribution in [0.5, 0.6) is 0 Å². The smallest absolute Gasteiger partial charge is 0.253 e. The number of benzene rings is 1. The Balaban J connectivity index is 2.74. The fourth-order valence-electron chi connectivity index (χ4n) is 1.51. The molecular formula is C12H16BrN3O2. The van der Waals surface area contributed by atoms with E-state index in [1.807, 2.05) is 19.1 Å². The van der Waals surface area contributed by atoms with Gasteiger partial charge in [-0.3, -0.25) is 4.79 Å². The molecule has 0 saturated heterocycles. The number of nitrogens with two attached hydrogens (primary N) is 1. The van der Waals surface area contributed by atoms with Crippen molar-refractivity contribution in [2.75, 3.05) is 13.6 Å². The molecular weight excluding hydrogens is 298 g/mol. The largest absolute Gasteiger partial charge is 0.409 e. The third kappa shape index (κ3) is 3.73. The number of halogens is 1. The van der Waals surface area contributed by atoms with Crippen molar-refractivity contribution in [2.24, 2.45) is 10.9 Å². The second-order valence-corrected chi connectivity index (χ2v) is 4.94. The van der Waals surface area contributed by atoms with Crippen LogP contribution in [-0.2, 0) is 0 Å². The van der Waals surface area contributed by atoms with Crippen LogP contribution in [0, 0.1) is 6.92 Å². The Kier molecular flexibility index (Phi) is 5.15. The highest BCUT2D eigenvalue weighted by Gasteiger charge is 2.14. The molecule has 18 heavy (non-hydrogen) atoms. The summed E-state index contributed by atoms with van der Waals surface area (Å²) in [6.07, 6.45) is 0.342. The van der Waals surface area contributed by atoms with E-state index in [1.165, 1.54) is 0 Å². The summed E-state index contributed by atoms with van der Waals surface area (Å²) in [4.78, 5) is 13.7. The van der Waals surface area contributed by atoms with E-state index >= 15 is 0 Å². The van der Waals surface area contributed by atoms with Gasteiger partial charge in [0.15, 0.2) is 0 Å². The Hall–Kier alpha value is -1.56. The normalized spacial score (nSPS) is 11.4. The number of carbonyl (C=O) groups is 1. The first-order chi connectivity index (χ1) is 8.45. The molecule has 0 aliphatic rings. The Labute approximate surface area is 114 Å². The van der Waals surface area contributed by atoms with Crippen molar-refractivity contribution in [3.05, 3.63) is 33.8 Å². The van der Waals surface area contributed by atoms with Crippen LogP contribution < -0.4 is 5.73 Å². The number of oxime groups is 1. The molecule has 0 heterocycles.